The van der Waals surface area contributed by atoms with Crippen molar-refractivity contribution >= 4 is 17.3 Å². The molecule has 2 aliphatic heterocycles. The molecule has 3 rings (SSSR count). The highest BCUT2D eigenvalue weighted by molar-refractivity contribution is 5.95. The number of nitrogens with one attached hydrogen (secondary N) is 1. The van der Waals surface area contributed by atoms with Crippen LogP contribution in [-0.2, 0) is 9.53 Å². The first-order chi connectivity index (χ1) is 11.2. The molecule has 0 spiro atoms. The second kappa shape index (κ2) is 7.79. The predicted octanol–water partition coefficient (Wildman–Crippen LogP) is 2.34. The number of hydrogen-bond acceptors (Lipinski definition) is 4. The molecule has 2 heterocycles. The number of rotatable bonds is 4. The second-order valence-electron chi connectivity index (χ2n) is 6.48. The molecule has 1 amide bonds. The molecular weight excluding hydrogens is 290 g/mol. The van der Waals surface area contributed by atoms with Gasteiger partial charge in [-0.1, -0.05) is 18.6 Å². The highest BCUT2D eigenvalue weighted by atomic mass is 16.5. The SMILES string of the molecule is C[C@@H]1CCCCN1CC(=O)Nc1ccccc1N1CCOCC1. The largest absolute Gasteiger partial charge is 0.378 e. The molecule has 1 N–H and O–H groups in total. The van der Waals surface area contributed by atoms with Gasteiger partial charge >= 0.3 is 0 Å². The van der Waals surface area contributed by atoms with Crippen LogP contribution in [0.25, 0.3) is 0 Å². The van der Waals surface area contributed by atoms with Crippen LogP contribution in [0.3, 0.4) is 0 Å². The lowest BCUT2D eigenvalue weighted by atomic mass is 10.0. The molecule has 2 fully saturated rings. The molecule has 0 unspecified atom stereocenters. The first-order valence-electron chi connectivity index (χ1n) is 8.69. The number of benzene rings is 1. The van der Waals surface area contributed by atoms with E-state index in [0.29, 0.717) is 12.6 Å². The van der Waals surface area contributed by atoms with E-state index in [1.807, 2.05) is 18.2 Å². The van der Waals surface area contributed by atoms with Crippen molar-refractivity contribution < 1.29 is 9.53 Å². The average Bonchev–Trinajstić information content (AvgIpc) is 2.58. The summed E-state index contributed by atoms with van der Waals surface area (Å²) >= 11 is 0. The van der Waals surface area contributed by atoms with E-state index in [-0.39, 0.29) is 5.91 Å². The van der Waals surface area contributed by atoms with E-state index in [9.17, 15) is 4.79 Å². The Morgan fingerprint density at radius 1 is 1.22 bits per heavy atom. The van der Waals surface area contributed by atoms with Crippen LogP contribution in [0, 0.1) is 0 Å². The van der Waals surface area contributed by atoms with Gasteiger partial charge in [0.15, 0.2) is 0 Å². The molecule has 1 aromatic carbocycles. The average molecular weight is 317 g/mol. The van der Waals surface area contributed by atoms with E-state index in [0.717, 1.165) is 44.2 Å². The number of nitrogens with zero attached hydrogens (tertiary/aromatic N) is 2. The van der Waals surface area contributed by atoms with Crippen molar-refractivity contribution in [1.82, 2.24) is 4.90 Å². The van der Waals surface area contributed by atoms with Crippen molar-refractivity contribution in [3.8, 4) is 0 Å². The first-order valence-corrected chi connectivity index (χ1v) is 8.69. The van der Waals surface area contributed by atoms with Gasteiger partial charge in [0.2, 0.25) is 5.91 Å². The van der Waals surface area contributed by atoms with Crippen LogP contribution in [-0.4, -0.2) is 56.2 Å². The lowest BCUT2D eigenvalue weighted by molar-refractivity contribution is -0.118. The summed E-state index contributed by atoms with van der Waals surface area (Å²) in [6.07, 6.45) is 3.67. The summed E-state index contributed by atoms with van der Waals surface area (Å²) in [5.41, 5.74) is 2.00. The van der Waals surface area contributed by atoms with Crippen molar-refractivity contribution in [3.05, 3.63) is 24.3 Å². The third kappa shape index (κ3) is 4.24. The molecule has 1 atom stereocenters. The molecule has 23 heavy (non-hydrogen) atoms. The molecule has 126 valence electrons. The summed E-state index contributed by atoms with van der Waals surface area (Å²) in [6.45, 7) is 6.96. The number of carbonyl (C=O) groups is 1. The number of likely N-dealkylation sites (tertiary alicyclic amines) is 1. The minimum absolute atomic E-state index is 0.0828. The van der Waals surface area contributed by atoms with Gasteiger partial charge in [0.05, 0.1) is 31.1 Å². The maximum atomic E-state index is 12.5. The monoisotopic (exact) mass is 317 g/mol. The molecule has 1 aromatic rings. The van der Waals surface area contributed by atoms with Gasteiger partial charge in [-0.25, -0.2) is 0 Å². The summed E-state index contributed by atoms with van der Waals surface area (Å²) < 4.78 is 5.42. The van der Waals surface area contributed by atoms with E-state index >= 15 is 0 Å². The first kappa shape index (κ1) is 16.3. The Bertz CT molecular complexity index is 529. The zero-order valence-corrected chi connectivity index (χ0v) is 14.0. The molecule has 2 aliphatic rings. The van der Waals surface area contributed by atoms with Gasteiger partial charge < -0.3 is 15.0 Å². The van der Waals surface area contributed by atoms with Crippen LogP contribution in [0.1, 0.15) is 26.2 Å². The van der Waals surface area contributed by atoms with Crippen molar-refractivity contribution in [2.75, 3.05) is 49.6 Å². The van der Waals surface area contributed by atoms with Crippen LogP contribution in [0.4, 0.5) is 11.4 Å². The van der Waals surface area contributed by atoms with Gasteiger partial charge in [-0.3, -0.25) is 9.69 Å². The van der Waals surface area contributed by atoms with Gasteiger partial charge in [0.25, 0.3) is 0 Å². The molecule has 0 aromatic heterocycles. The van der Waals surface area contributed by atoms with Crippen LogP contribution in [0.5, 0.6) is 0 Å². The molecule has 0 bridgehead atoms. The predicted molar refractivity (Wildman–Crippen MR) is 93.0 cm³/mol. The molecular formula is C18H27N3O2. The number of hydrogen-bond donors (Lipinski definition) is 1. The van der Waals surface area contributed by atoms with Crippen molar-refractivity contribution in [2.45, 2.75) is 32.2 Å². The van der Waals surface area contributed by atoms with Crippen molar-refractivity contribution in [2.24, 2.45) is 0 Å². The third-order valence-corrected chi connectivity index (χ3v) is 4.82. The number of carbonyl (C=O) groups excluding carboxylic acids is 1. The summed E-state index contributed by atoms with van der Waals surface area (Å²) in [6, 6.07) is 8.56. The normalized spacial score (nSPS) is 22.8. The van der Waals surface area contributed by atoms with Crippen LogP contribution in [0.15, 0.2) is 24.3 Å². The van der Waals surface area contributed by atoms with E-state index in [1.165, 1.54) is 19.3 Å². The summed E-state index contributed by atoms with van der Waals surface area (Å²) in [4.78, 5) is 17.0. The van der Waals surface area contributed by atoms with Crippen LogP contribution in [0.2, 0.25) is 0 Å². The van der Waals surface area contributed by atoms with Gasteiger partial charge in [-0.15, -0.1) is 0 Å². The maximum Gasteiger partial charge on any atom is 0.238 e. The Kier molecular flexibility index (Phi) is 5.51. The fraction of sp³-hybridized carbons (Fsp3) is 0.611. The van der Waals surface area contributed by atoms with Gasteiger partial charge in [0.1, 0.15) is 0 Å². The fourth-order valence-electron chi connectivity index (χ4n) is 3.43. The van der Waals surface area contributed by atoms with E-state index < -0.39 is 0 Å². The standard InChI is InChI=1S/C18H27N3O2/c1-15-6-4-5-9-21(15)14-18(22)19-16-7-2-3-8-17(16)20-10-12-23-13-11-20/h2-3,7-8,15H,4-6,9-14H2,1H3,(H,19,22)/t15-/m1/s1. The second-order valence-corrected chi connectivity index (χ2v) is 6.48. The van der Waals surface area contributed by atoms with Crippen molar-refractivity contribution in [3.63, 3.8) is 0 Å². The molecule has 2 saturated heterocycles. The Labute approximate surface area is 138 Å². The summed E-state index contributed by atoms with van der Waals surface area (Å²) in [5.74, 6) is 0.0828. The van der Waals surface area contributed by atoms with E-state index in [1.54, 1.807) is 0 Å². The van der Waals surface area contributed by atoms with Gasteiger partial charge in [-0.2, -0.15) is 0 Å². The zero-order valence-electron chi connectivity index (χ0n) is 14.0. The molecule has 5 nitrogen and oxygen atoms in total. The van der Waals surface area contributed by atoms with Crippen molar-refractivity contribution in [1.29, 1.82) is 0 Å². The number of morpholine rings is 1. The number of amides is 1. The summed E-state index contributed by atoms with van der Waals surface area (Å²) in [7, 11) is 0. The Morgan fingerprint density at radius 2 is 2.00 bits per heavy atom. The number of para-hydroxylation sites is 2. The molecule has 0 saturated carbocycles. The van der Waals surface area contributed by atoms with Gasteiger partial charge in [-0.05, 0) is 38.4 Å². The lowest BCUT2D eigenvalue weighted by Crippen LogP contribution is -2.42. The fourth-order valence-corrected chi connectivity index (χ4v) is 3.43. The number of piperidine rings is 1. The minimum atomic E-state index is 0.0828. The Morgan fingerprint density at radius 3 is 2.78 bits per heavy atom. The van der Waals surface area contributed by atoms with E-state index in [4.69, 9.17) is 4.74 Å². The van der Waals surface area contributed by atoms with E-state index in [2.05, 4.69) is 28.1 Å². The molecule has 0 radical (unpaired) electrons. The molecule has 5 heteroatoms. The summed E-state index contributed by atoms with van der Waals surface area (Å²) in [5, 5.41) is 3.11. The zero-order chi connectivity index (χ0) is 16.1. The maximum absolute atomic E-state index is 12.5. The minimum Gasteiger partial charge on any atom is -0.378 e. The quantitative estimate of drug-likeness (QED) is 0.926. The Hall–Kier alpha value is -1.59. The number of anilines is 2. The number of ether oxygens (including phenoxy) is 1. The third-order valence-electron chi connectivity index (χ3n) is 4.82. The highest BCUT2D eigenvalue weighted by Crippen LogP contribution is 2.26. The molecule has 0 aliphatic carbocycles. The van der Waals surface area contributed by atoms with Crippen LogP contribution < -0.4 is 10.2 Å². The highest BCUT2D eigenvalue weighted by Gasteiger charge is 2.21. The topological polar surface area (TPSA) is 44.8 Å². The van der Waals surface area contributed by atoms with Gasteiger partial charge in [0, 0.05) is 19.1 Å². The lowest BCUT2D eigenvalue weighted by Gasteiger charge is -2.33. The van der Waals surface area contributed by atoms with Crippen LogP contribution >= 0.6 is 0 Å². The Balaban J connectivity index is 1.63. The smallest absolute Gasteiger partial charge is 0.238 e.